The summed E-state index contributed by atoms with van der Waals surface area (Å²) in [5, 5.41) is 2.42. The van der Waals surface area contributed by atoms with Crippen LogP contribution in [0.1, 0.15) is 11.3 Å². The van der Waals surface area contributed by atoms with Crippen molar-refractivity contribution in [3.05, 3.63) is 72.1 Å². The summed E-state index contributed by atoms with van der Waals surface area (Å²) < 4.78 is 5.97. The Labute approximate surface area is 124 Å². The molecule has 0 aliphatic rings. The molecule has 3 rings (SSSR count). The van der Waals surface area contributed by atoms with Gasteiger partial charge in [-0.1, -0.05) is 36.4 Å². The van der Waals surface area contributed by atoms with E-state index in [0.717, 1.165) is 17.9 Å². The highest BCUT2D eigenvalue weighted by Gasteiger charge is 2.08. The fraction of sp³-hybridized carbons (Fsp3) is 0.167. The predicted molar refractivity (Wildman–Crippen MR) is 85.3 cm³/mol. The number of hydrogen-bond donors (Lipinski definition) is 1. The third-order valence-corrected chi connectivity index (χ3v) is 3.49. The third-order valence-electron chi connectivity index (χ3n) is 3.49. The van der Waals surface area contributed by atoms with Crippen molar-refractivity contribution in [1.82, 2.24) is 4.98 Å². The molecule has 1 aromatic heterocycles. The van der Waals surface area contributed by atoms with Gasteiger partial charge in [0.1, 0.15) is 12.4 Å². The molecule has 1 heterocycles. The minimum Gasteiger partial charge on any atom is -0.487 e. The fourth-order valence-electron chi connectivity index (χ4n) is 2.49. The summed E-state index contributed by atoms with van der Waals surface area (Å²) in [7, 11) is 0. The Bertz CT molecular complexity index is 726. The van der Waals surface area contributed by atoms with Crippen LogP contribution in [0.25, 0.3) is 10.8 Å². The average molecular weight is 278 g/mol. The number of aromatic nitrogens is 1. The zero-order valence-electron chi connectivity index (χ0n) is 11.8. The molecule has 0 spiro atoms. The zero-order chi connectivity index (χ0) is 14.5. The number of pyridine rings is 1. The first kappa shape index (κ1) is 13.6. The minimum atomic E-state index is 0.469. The Morgan fingerprint density at radius 3 is 2.62 bits per heavy atom. The van der Waals surface area contributed by atoms with E-state index in [0.29, 0.717) is 13.2 Å². The molecule has 0 saturated carbocycles. The summed E-state index contributed by atoms with van der Waals surface area (Å²) in [5.41, 5.74) is 7.85. The molecule has 3 heteroatoms. The van der Waals surface area contributed by atoms with Crippen molar-refractivity contribution < 1.29 is 4.74 Å². The minimum absolute atomic E-state index is 0.469. The van der Waals surface area contributed by atoms with E-state index in [1.807, 2.05) is 36.4 Å². The molecule has 0 bridgehead atoms. The van der Waals surface area contributed by atoms with Gasteiger partial charge >= 0.3 is 0 Å². The van der Waals surface area contributed by atoms with Crippen LogP contribution in [0.5, 0.6) is 5.75 Å². The maximum absolute atomic E-state index is 5.97. The number of rotatable bonds is 5. The highest BCUT2D eigenvalue weighted by Crippen LogP contribution is 2.28. The monoisotopic (exact) mass is 278 g/mol. The standard InChI is InChI=1S/C18H18N2O/c19-11-10-17-16-7-2-1-5-14(16)8-9-18(17)21-13-15-6-3-4-12-20-15/h1-9,12H,10-11,13,19H2. The number of nitrogens with two attached hydrogens (primary N) is 1. The summed E-state index contributed by atoms with van der Waals surface area (Å²) in [6.07, 6.45) is 2.58. The molecule has 0 amide bonds. The van der Waals surface area contributed by atoms with E-state index in [4.69, 9.17) is 10.5 Å². The Morgan fingerprint density at radius 1 is 0.952 bits per heavy atom. The Morgan fingerprint density at radius 2 is 1.81 bits per heavy atom. The van der Waals surface area contributed by atoms with E-state index in [2.05, 4.69) is 23.2 Å². The Hall–Kier alpha value is -2.39. The van der Waals surface area contributed by atoms with Crippen LogP contribution in [0.2, 0.25) is 0 Å². The summed E-state index contributed by atoms with van der Waals surface area (Å²) in [6.45, 7) is 1.07. The molecule has 21 heavy (non-hydrogen) atoms. The van der Waals surface area contributed by atoms with Crippen molar-refractivity contribution in [2.24, 2.45) is 5.73 Å². The maximum Gasteiger partial charge on any atom is 0.130 e. The largest absolute Gasteiger partial charge is 0.487 e. The van der Waals surface area contributed by atoms with Crippen LogP contribution in [0.4, 0.5) is 0 Å². The molecular formula is C18H18N2O. The van der Waals surface area contributed by atoms with Crippen molar-refractivity contribution in [3.63, 3.8) is 0 Å². The molecule has 0 unspecified atom stereocenters. The van der Waals surface area contributed by atoms with Crippen molar-refractivity contribution in [2.75, 3.05) is 6.54 Å². The van der Waals surface area contributed by atoms with Crippen molar-refractivity contribution in [2.45, 2.75) is 13.0 Å². The van der Waals surface area contributed by atoms with E-state index >= 15 is 0 Å². The Kier molecular flexibility index (Phi) is 4.12. The first-order valence-corrected chi connectivity index (χ1v) is 7.12. The zero-order valence-corrected chi connectivity index (χ0v) is 11.8. The van der Waals surface area contributed by atoms with Gasteiger partial charge in [-0.25, -0.2) is 0 Å². The quantitative estimate of drug-likeness (QED) is 0.779. The van der Waals surface area contributed by atoms with Gasteiger partial charge in [0.15, 0.2) is 0 Å². The lowest BCUT2D eigenvalue weighted by Gasteiger charge is -2.13. The predicted octanol–water partition coefficient (Wildman–Crippen LogP) is 3.32. The van der Waals surface area contributed by atoms with Gasteiger partial charge in [-0.05, 0) is 41.9 Å². The average Bonchev–Trinajstić information content (AvgIpc) is 2.55. The van der Waals surface area contributed by atoms with E-state index in [1.54, 1.807) is 6.20 Å². The lowest BCUT2D eigenvalue weighted by Crippen LogP contribution is -2.06. The lowest BCUT2D eigenvalue weighted by molar-refractivity contribution is 0.299. The van der Waals surface area contributed by atoms with E-state index < -0.39 is 0 Å². The number of nitrogens with zero attached hydrogens (tertiary/aromatic N) is 1. The smallest absolute Gasteiger partial charge is 0.130 e. The molecule has 2 N–H and O–H groups in total. The summed E-state index contributed by atoms with van der Waals surface area (Å²) >= 11 is 0. The molecule has 0 aliphatic carbocycles. The van der Waals surface area contributed by atoms with Crippen molar-refractivity contribution in [3.8, 4) is 5.75 Å². The van der Waals surface area contributed by atoms with E-state index in [-0.39, 0.29) is 0 Å². The topological polar surface area (TPSA) is 48.1 Å². The van der Waals surface area contributed by atoms with Gasteiger partial charge in [-0.15, -0.1) is 0 Å². The SMILES string of the molecule is NCCc1c(OCc2ccccn2)ccc2ccccc12. The number of hydrogen-bond acceptors (Lipinski definition) is 3. The summed E-state index contributed by atoms with van der Waals surface area (Å²) in [4.78, 5) is 4.28. The number of ether oxygens (including phenoxy) is 1. The molecule has 0 saturated heterocycles. The van der Waals surface area contributed by atoms with E-state index in [1.165, 1.54) is 16.3 Å². The first-order chi connectivity index (χ1) is 10.4. The Balaban J connectivity index is 1.92. The van der Waals surface area contributed by atoms with Gasteiger partial charge in [0.25, 0.3) is 0 Å². The maximum atomic E-state index is 5.97. The second kappa shape index (κ2) is 6.37. The third kappa shape index (κ3) is 3.03. The molecule has 0 atom stereocenters. The van der Waals surface area contributed by atoms with Crippen LogP contribution in [0.15, 0.2) is 60.8 Å². The van der Waals surface area contributed by atoms with Crippen LogP contribution in [-0.4, -0.2) is 11.5 Å². The molecule has 3 aromatic rings. The van der Waals surface area contributed by atoms with Crippen molar-refractivity contribution in [1.29, 1.82) is 0 Å². The second-order valence-electron chi connectivity index (χ2n) is 4.91. The van der Waals surface area contributed by atoms with Gasteiger partial charge in [0.2, 0.25) is 0 Å². The van der Waals surface area contributed by atoms with Crippen LogP contribution in [-0.2, 0) is 13.0 Å². The lowest BCUT2D eigenvalue weighted by atomic mass is 10.0. The normalized spacial score (nSPS) is 10.7. The van der Waals surface area contributed by atoms with Gasteiger partial charge in [-0.3, -0.25) is 4.98 Å². The van der Waals surface area contributed by atoms with Crippen LogP contribution < -0.4 is 10.5 Å². The molecule has 2 aromatic carbocycles. The fourth-order valence-corrected chi connectivity index (χ4v) is 2.49. The number of benzene rings is 2. The molecule has 0 radical (unpaired) electrons. The van der Waals surface area contributed by atoms with Gasteiger partial charge in [-0.2, -0.15) is 0 Å². The molecule has 0 aliphatic heterocycles. The van der Waals surface area contributed by atoms with E-state index in [9.17, 15) is 0 Å². The van der Waals surface area contributed by atoms with Crippen LogP contribution >= 0.6 is 0 Å². The number of fused-ring (bicyclic) bond motifs is 1. The highest BCUT2D eigenvalue weighted by molar-refractivity contribution is 5.87. The van der Waals surface area contributed by atoms with Gasteiger partial charge in [0, 0.05) is 11.8 Å². The second-order valence-corrected chi connectivity index (χ2v) is 4.91. The summed E-state index contributed by atoms with van der Waals surface area (Å²) in [5.74, 6) is 0.893. The van der Waals surface area contributed by atoms with Gasteiger partial charge in [0.05, 0.1) is 5.69 Å². The molecular weight excluding hydrogens is 260 g/mol. The van der Waals surface area contributed by atoms with Crippen LogP contribution in [0, 0.1) is 0 Å². The van der Waals surface area contributed by atoms with Crippen LogP contribution in [0.3, 0.4) is 0 Å². The highest BCUT2D eigenvalue weighted by atomic mass is 16.5. The first-order valence-electron chi connectivity index (χ1n) is 7.12. The summed E-state index contributed by atoms with van der Waals surface area (Å²) in [6, 6.07) is 18.3. The van der Waals surface area contributed by atoms with Gasteiger partial charge < -0.3 is 10.5 Å². The molecule has 0 fully saturated rings. The molecule has 3 nitrogen and oxygen atoms in total. The van der Waals surface area contributed by atoms with Crippen molar-refractivity contribution >= 4 is 10.8 Å². The molecule has 106 valence electrons.